The summed E-state index contributed by atoms with van der Waals surface area (Å²) in [6.07, 6.45) is 4.89. The third kappa shape index (κ3) is 5.60. The smallest absolute Gasteiger partial charge is 0.257 e. The van der Waals surface area contributed by atoms with Crippen molar-refractivity contribution in [2.45, 2.75) is 13.0 Å². The monoisotopic (exact) mass is 411 g/mol. The van der Waals surface area contributed by atoms with Crippen LogP contribution in [-0.4, -0.2) is 28.6 Å². The molecule has 0 atom stereocenters. The molecule has 0 aliphatic carbocycles. The van der Waals surface area contributed by atoms with Crippen molar-refractivity contribution in [1.29, 1.82) is 0 Å². The predicted molar refractivity (Wildman–Crippen MR) is 124 cm³/mol. The van der Waals surface area contributed by atoms with Gasteiger partial charge in [0.2, 0.25) is 0 Å². The van der Waals surface area contributed by atoms with E-state index in [4.69, 9.17) is 9.72 Å². The molecule has 0 saturated carbocycles. The van der Waals surface area contributed by atoms with Gasteiger partial charge in [0.05, 0.1) is 11.0 Å². The van der Waals surface area contributed by atoms with Crippen LogP contribution in [0, 0.1) is 0 Å². The number of hydrogen-bond acceptors (Lipinski definition) is 3. The molecule has 1 amide bonds. The number of fused-ring (bicyclic) bond motifs is 1. The standard InChI is InChI=1S/C26H25N3O2/c30-26(20-31-22-13-5-2-6-14-22)27-18-17-25-28-23-15-7-8-16-24(23)29(25)19-9-12-21-10-3-1-4-11-21/h1-16H,17-20H2,(H,27,30)/b12-9+. The van der Waals surface area contributed by atoms with E-state index < -0.39 is 0 Å². The molecule has 0 saturated heterocycles. The van der Waals surface area contributed by atoms with Gasteiger partial charge in [-0.05, 0) is 29.8 Å². The number of carbonyl (C=O) groups is 1. The number of nitrogens with zero attached hydrogens (tertiary/aromatic N) is 2. The predicted octanol–water partition coefficient (Wildman–Crippen LogP) is 4.49. The summed E-state index contributed by atoms with van der Waals surface area (Å²) < 4.78 is 7.69. The minimum absolute atomic E-state index is 0.000241. The zero-order valence-corrected chi connectivity index (χ0v) is 17.3. The van der Waals surface area contributed by atoms with E-state index in [1.54, 1.807) is 0 Å². The minimum atomic E-state index is -0.143. The zero-order chi connectivity index (χ0) is 21.3. The molecule has 5 nitrogen and oxygen atoms in total. The number of benzene rings is 3. The van der Waals surface area contributed by atoms with Crippen LogP contribution in [0.2, 0.25) is 0 Å². The Balaban J connectivity index is 1.37. The molecule has 31 heavy (non-hydrogen) atoms. The first kappa shape index (κ1) is 20.4. The lowest BCUT2D eigenvalue weighted by molar-refractivity contribution is -0.123. The second-order valence-corrected chi connectivity index (χ2v) is 7.14. The maximum atomic E-state index is 12.1. The van der Waals surface area contributed by atoms with Crippen LogP contribution in [0.25, 0.3) is 17.1 Å². The highest BCUT2D eigenvalue weighted by Gasteiger charge is 2.10. The summed E-state index contributed by atoms with van der Waals surface area (Å²) in [6.45, 7) is 1.22. The van der Waals surface area contributed by atoms with E-state index >= 15 is 0 Å². The van der Waals surface area contributed by atoms with Gasteiger partial charge in [0, 0.05) is 19.5 Å². The SMILES string of the molecule is O=C(COc1ccccc1)NCCc1nc2ccccc2n1C/C=C/c1ccccc1. The molecule has 0 fully saturated rings. The lowest BCUT2D eigenvalue weighted by Crippen LogP contribution is -2.31. The molecular weight excluding hydrogens is 386 g/mol. The lowest BCUT2D eigenvalue weighted by atomic mass is 10.2. The number of rotatable bonds is 9. The fraction of sp³-hybridized carbons (Fsp3) is 0.154. The summed E-state index contributed by atoms with van der Waals surface area (Å²) in [7, 11) is 0. The summed E-state index contributed by atoms with van der Waals surface area (Å²) in [6, 6.07) is 27.7. The van der Waals surface area contributed by atoms with E-state index in [-0.39, 0.29) is 12.5 Å². The summed E-state index contributed by atoms with van der Waals surface area (Å²) >= 11 is 0. The Morgan fingerprint density at radius 2 is 1.65 bits per heavy atom. The molecule has 0 spiro atoms. The van der Waals surface area contributed by atoms with Crippen molar-refractivity contribution >= 4 is 23.0 Å². The number of imidazole rings is 1. The Hall–Kier alpha value is -3.86. The van der Waals surface area contributed by atoms with Gasteiger partial charge in [-0.2, -0.15) is 0 Å². The molecule has 3 aromatic carbocycles. The molecular formula is C26H25N3O2. The average molecular weight is 412 g/mol. The van der Waals surface area contributed by atoms with Gasteiger partial charge in [-0.15, -0.1) is 0 Å². The molecule has 4 rings (SSSR count). The highest BCUT2D eigenvalue weighted by atomic mass is 16.5. The quantitative estimate of drug-likeness (QED) is 0.442. The Labute approximate surface area is 182 Å². The number of aromatic nitrogens is 2. The van der Waals surface area contributed by atoms with E-state index in [1.165, 1.54) is 5.56 Å². The van der Waals surface area contributed by atoms with E-state index in [9.17, 15) is 4.79 Å². The van der Waals surface area contributed by atoms with E-state index in [2.05, 4.69) is 40.2 Å². The molecule has 4 aromatic rings. The maximum absolute atomic E-state index is 12.1. The molecule has 0 radical (unpaired) electrons. The van der Waals surface area contributed by atoms with Gasteiger partial charge >= 0.3 is 0 Å². The van der Waals surface area contributed by atoms with Crippen molar-refractivity contribution in [3.8, 4) is 5.75 Å². The van der Waals surface area contributed by atoms with Gasteiger partial charge in [0.25, 0.3) is 5.91 Å². The second-order valence-electron chi connectivity index (χ2n) is 7.14. The van der Waals surface area contributed by atoms with Crippen molar-refractivity contribution in [2.75, 3.05) is 13.2 Å². The largest absolute Gasteiger partial charge is 0.484 e. The third-order valence-electron chi connectivity index (χ3n) is 4.92. The molecule has 5 heteroatoms. The second kappa shape index (κ2) is 10.3. The van der Waals surface area contributed by atoms with Crippen LogP contribution in [0.1, 0.15) is 11.4 Å². The van der Waals surface area contributed by atoms with E-state index in [1.807, 2.05) is 66.7 Å². The molecule has 0 unspecified atom stereocenters. The van der Waals surface area contributed by atoms with Gasteiger partial charge in [0.1, 0.15) is 11.6 Å². The number of para-hydroxylation sites is 3. The summed E-state index contributed by atoms with van der Waals surface area (Å²) in [5, 5.41) is 2.92. The molecule has 156 valence electrons. The number of carbonyl (C=O) groups excluding carboxylic acids is 1. The van der Waals surface area contributed by atoms with Crippen LogP contribution in [-0.2, 0) is 17.8 Å². The Morgan fingerprint density at radius 1 is 0.935 bits per heavy atom. The number of hydrogen-bond donors (Lipinski definition) is 1. The maximum Gasteiger partial charge on any atom is 0.257 e. The molecule has 1 N–H and O–H groups in total. The normalized spacial score (nSPS) is 11.1. The molecule has 0 aliphatic heterocycles. The fourth-order valence-corrected chi connectivity index (χ4v) is 3.41. The number of ether oxygens (including phenoxy) is 1. The topological polar surface area (TPSA) is 56.1 Å². The molecule has 1 aromatic heterocycles. The average Bonchev–Trinajstić information content (AvgIpc) is 3.16. The van der Waals surface area contributed by atoms with Gasteiger partial charge in [-0.3, -0.25) is 4.79 Å². The Morgan fingerprint density at radius 3 is 2.45 bits per heavy atom. The first-order valence-corrected chi connectivity index (χ1v) is 10.4. The Kier molecular flexibility index (Phi) is 6.75. The fourth-order valence-electron chi connectivity index (χ4n) is 3.41. The Bertz CT molecular complexity index is 1150. The highest BCUT2D eigenvalue weighted by Crippen LogP contribution is 2.17. The number of allylic oxidation sites excluding steroid dienone is 1. The summed E-state index contributed by atoms with van der Waals surface area (Å²) in [5.41, 5.74) is 3.22. The molecule has 0 bridgehead atoms. The van der Waals surface area contributed by atoms with Crippen LogP contribution < -0.4 is 10.1 Å². The minimum Gasteiger partial charge on any atom is -0.484 e. The number of amides is 1. The molecule has 0 aliphatic rings. The number of nitrogens with one attached hydrogen (secondary N) is 1. The van der Waals surface area contributed by atoms with Crippen molar-refractivity contribution in [1.82, 2.24) is 14.9 Å². The highest BCUT2D eigenvalue weighted by molar-refractivity contribution is 5.78. The summed E-state index contributed by atoms with van der Waals surface area (Å²) in [5.74, 6) is 1.49. The van der Waals surface area contributed by atoms with Crippen molar-refractivity contribution in [3.05, 3.63) is 102 Å². The van der Waals surface area contributed by atoms with E-state index in [0.717, 1.165) is 23.4 Å². The first-order chi connectivity index (χ1) is 15.3. The van der Waals surface area contributed by atoms with Crippen LogP contribution in [0.3, 0.4) is 0 Å². The van der Waals surface area contributed by atoms with Crippen LogP contribution in [0.5, 0.6) is 5.75 Å². The van der Waals surface area contributed by atoms with Crippen LogP contribution >= 0.6 is 0 Å². The van der Waals surface area contributed by atoms with E-state index in [0.29, 0.717) is 18.7 Å². The van der Waals surface area contributed by atoms with Crippen LogP contribution in [0.4, 0.5) is 0 Å². The first-order valence-electron chi connectivity index (χ1n) is 10.4. The zero-order valence-electron chi connectivity index (χ0n) is 17.3. The van der Waals surface area contributed by atoms with Crippen molar-refractivity contribution in [2.24, 2.45) is 0 Å². The van der Waals surface area contributed by atoms with Gasteiger partial charge < -0.3 is 14.6 Å². The van der Waals surface area contributed by atoms with Crippen LogP contribution in [0.15, 0.2) is 91.0 Å². The summed E-state index contributed by atoms with van der Waals surface area (Å²) in [4.78, 5) is 16.9. The van der Waals surface area contributed by atoms with Crippen molar-refractivity contribution in [3.63, 3.8) is 0 Å². The van der Waals surface area contributed by atoms with Crippen molar-refractivity contribution < 1.29 is 9.53 Å². The lowest BCUT2D eigenvalue weighted by Gasteiger charge is -2.09. The molecule has 1 heterocycles. The van der Waals surface area contributed by atoms with Gasteiger partial charge in [-0.1, -0.05) is 72.8 Å². The third-order valence-corrected chi connectivity index (χ3v) is 4.92. The van der Waals surface area contributed by atoms with Gasteiger partial charge in [0.15, 0.2) is 6.61 Å². The van der Waals surface area contributed by atoms with Gasteiger partial charge in [-0.25, -0.2) is 4.98 Å².